The number of H-pyrrole nitrogens is 1. The number of aromatic amines is 1. The van der Waals surface area contributed by atoms with Crippen molar-refractivity contribution < 1.29 is 4.79 Å². The monoisotopic (exact) mass is 217 g/mol. The molecule has 1 fully saturated rings. The predicted molar refractivity (Wildman–Crippen MR) is 60.3 cm³/mol. The van der Waals surface area contributed by atoms with E-state index in [2.05, 4.69) is 4.98 Å². The first-order chi connectivity index (χ1) is 7.66. The second-order valence-electron chi connectivity index (χ2n) is 4.15. The van der Waals surface area contributed by atoms with E-state index in [4.69, 9.17) is 5.73 Å². The van der Waals surface area contributed by atoms with Gasteiger partial charge in [0.25, 0.3) is 0 Å². The van der Waals surface area contributed by atoms with E-state index in [1.165, 1.54) is 4.57 Å². The summed E-state index contributed by atoms with van der Waals surface area (Å²) in [5.41, 5.74) is 7.02. The molecule has 3 N–H and O–H groups in total. The van der Waals surface area contributed by atoms with Gasteiger partial charge in [-0.2, -0.15) is 0 Å². The maximum absolute atomic E-state index is 11.9. The molecular formula is C11H11N3O2. The Bertz CT molecular complexity index is 634. The normalized spacial score (nSPS) is 15.5. The zero-order valence-corrected chi connectivity index (χ0v) is 8.56. The minimum atomic E-state index is -0.377. The molecule has 1 aliphatic carbocycles. The standard InChI is InChI=1S/C11H11N3O2/c12-7-3-4-9-8(5-7)13-11(16)14(9)10(15)6-1-2-6/h3-6H,1-2,12H2,(H,13,16). The fourth-order valence-electron chi connectivity index (χ4n) is 1.86. The SMILES string of the molecule is Nc1ccc2c(c1)[nH]c(=O)n2C(=O)C1CC1. The molecule has 16 heavy (non-hydrogen) atoms. The zero-order chi connectivity index (χ0) is 11.3. The predicted octanol–water partition coefficient (Wildman–Crippen LogP) is 0.962. The average Bonchev–Trinajstić information content (AvgIpc) is 3.01. The quantitative estimate of drug-likeness (QED) is 0.698. The van der Waals surface area contributed by atoms with Gasteiger partial charge in [0.05, 0.1) is 11.0 Å². The van der Waals surface area contributed by atoms with Crippen LogP contribution in [0.25, 0.3) is 11.0 Å². The molecule has 0 atom stereocenters. The topological polar surface area (TPSA) is 80.9 Å². The van der Waals surface area contributed by atoms with Gasteiger partial charge in [-0.1, -0.05) is 0 Å². The van der Waals surface area contributed by atoms with Crippen LogP contribution in [0.15, 0.2) is 23.0 Å². The van der Waals surface area contributed by atoms with Crippen LogP contribution in [0, 0.1) is 5.92 Å². The number of aromatic nitrogens is 2. The third-order valence-electron chi connectivity index (χ3n) is 2.85. The van der Waals surface area contributed by atoms with Crippen molar-refractivity contribution in [1.82, 2.24) is 9.55 Å². The number of fused-ring (bicyclic) bond motifs is 1. The van der Waals surface area contributed by atoms with E-state index in [0.29, 0.717) is 16.7 Å². The van der Waals surface area contributed by atoms with E-state index in [1.54, 1.807) is 18.2 Å². The molecule has 0 aliphatic heterocycles. The summed E-state index contributed by atoms with van der Waals surface area (Å²) in [6.45, 7) is 0. The number of hydrogen-bond donors (Lipinski definition) is 2. The summed E-state index contributed by atoms with van der Waals surface area (Å²) in [4.78, 5) is 26.2. The first-order valence-electron chi connectivity index (χ1n) is 5.21. The highest BCUT2D eigenvalue weighted by Gasteiger charge is 2.32. The lowest BCUT2D eigenvalue weighted by Gasteiger charge is -1.99. The van der Waals surface area contributed by atoms with E-state index in [9.17, 15) is 9.59 Å². The lowest BCUT2D eigenvalue weighted by molar-refractivity contribution is 0.0887. The summed E-state index contributed by atoms with van der Waals surface area (Å²) in [5, 5.41) is 0. The molecule has 5 nitrogen and oxygen atoms in total. The minimum absolute atomic E-state index is 0.0225. The number of imidazole rings is 1. The van der Waals surface area contributed by atoms with Crippen LogP contribution in [-0.2, 0) is 0 Å². The number of hydrogen-bond acceptors (Lipinski definition) is 3. The number of anilines is 1. The molecule has 1 aromatic carbocycles. The number of carbonyl (C=O) groups is 1. The van der Waals surface area contributed by atoms with E-state index >= 15 is 0 Å². The highest BCUT2D eigenvalue weighted by molar-refractivity contribution is 5.93. The van der Waals surface area contributed by atoms with Crippen molar-refractivity contribution in [3.8, 4) is 0 Å². The van der Waals surface area contributed by atoms with Gasteiger partial charge in [0.2, 0.25) is 5.91 Å². The van der Waals surface area contributed by atoms with Crippen LogP contribution in [0.5, 0.6) is 0 Å². The molecule has 0 saturated heterocycles. The van der Waals surface area contributed by atoms with Crippen molar-refractivity contribution in [2.75, 3.05) is 5.73 Å². The molecule has 1 saturated carbocycles. The Balaban J connectivity index is 2.26. The molecule has 3 rings (SSSR count). The first kappa shape index (κ1) is 9.21. The number of nitrogen functional groups attached to an aromatic ring is 1. The van der Waals surface area contributed by atoms with Gasteiger partial charge in [0.15, 0.2) is 0 Å². The molecule has 2 aromatic rings. The van der Waals surface area contributed by atoms with Gasteiger partial charge in [0.1, 0.15) is 0 Å². The van der Waals surface area contributed by atoms with Crippen molar-refractivity contribution >= 4 is 22.6 Å². The van der Waals surface area contributed by atoms with Crippen LogP contribution in [0.3, 0.4) is 0 Å². The maximum Gasteiger partial charge on any atom is 0.333 e. The molecule has 0 spiro atoms. The van der Waals surface area contributed by atoms with Gasteiger partial charge in [0, 0.05) is 11.6 Å². The summed E-state index contributed by atoms with van der Waals surface area (Å²) in [7, 11) is 0. The van der Waals surface area contributed by atoms with Crippen molar-refractivity contribution in [3.05, 3.63) is 28.7 Å². The summed E-state index contributed by atoms with van der Waals surface area (Å²) >= 11 is 0. The molecule has 1 aliphatic rings. The number of rotatable bonds is 1. The van der Waals surface area contributed by atoms with Gasteiger partial charge in [-0.05, 0) is 31.0 Å². The van der Waals surface area contributed by atoms with Gasteiger partial charge in [-0.3, -0.25) is 4.79 Å². The Hall–Kier alpha value is -2.04. The van der Waals surface area contributed by atoms with Crippen LogP contribution in [0.4, 0.5) is 5.69 Å². The zero-order valence-electron chi connectivity index (χ0n) is 8.56. The molecule has 5 heteroatoms. The van der Waals surface area contributed by atoms with Crippen molar-refractivity contribution in [2.45, 2.75) is 12.8 Å². The van der Waals surface area contributed by atoms with Crippen molar-refractivity contribution in [3.63, 3.8) is 0 Å². The number of benzene rings is 1. The second-order valence-corrected chi connectivity index (χ2v) is 4.15. The highest BCUT2D eigenvalue weighted by Crippen LogP contribution is 2.31. The summed E-state index contributed by atoms with van der Waals surface area (Å²) < 4.78 is 1.21. The molecule has 1 heterocycles. The van der Waals surface area contributed by atoms with E-state index in [1.807, 2.05) is 0 Å². The first-order valence-corrected chi connectivity index (χ1v) is 5.21. The average molecular weight is 217 g/mol. The van der Waals surface area contributed by atoms with E-state index in [0.717, 1.165) is 12.8 Å². The molecule has 0 amide bonds. The number of nitrogens with one attached hydrogen (secondary N) is 1. The van der Waals surface area contributed by atoms with Crippen molar-refractivity contribution in [1.29, 1.82) is 0 Å². The fourth-order valence-corrected chi connectivity index (χ4v) is 1.86. The van der Waals surface area contributed by atoms with Gasteiger partial charge >= 0.3 is 5.69 Å². The van der Waals surface area contributed by atoms with Crippen LogP contribution >= 0.6 is 0 Å². The molecule has 0 radical (unpaired) electrons. The second kappa shape index (κ2) is 2.98. The Morgan fingerprint density at radius 3 is 2.88 bits per heavy atom. The number of carbonyl (C=O) groups excluding carboxylic acids is 1. The fraction of sp³-hybridized carbons (Fsp3) is 0.273. The lowest BCUT2D eigenvalue weighted by atomic mass is 10.2. The number of nitrogens with two attached hydrogens (primary N) is 1. The Labute approximate surface area is 90.9 Å². The maximum atomic E-state index is 11.9. The lowest BCUT2D eigenvalue weighted by Crippen LogP contribution is -2.25. The molecule has 1 aromatic heterocycles. The van der Waals surface area contributed by atoms with Crippen LogP contribution < -0.4 is 11.4 Å². The third kappa shape index (κ3) is 1.25. The summed E-state index contributed by atoms with van der Waals surface area (Å²) in [6, 6.07) is 5.04. The Morgan fingerprint density at radius 2 is 2.19 bits per heavy atom. The summed E-state index contributed by atoms with van der Waals surface area (Å²) in [5.74, 6) is -0.0877. The molecule has 82 valence electrons. The Morgan fingerprint density at radius 1 is 1.44 bits per heavy atom. The largest absolute Gasteiger partial charge is 0.399 e. The van der Waals surface area contributed by atoms with Crippen molar-refractivity contribution in [2.24, 2.45) is 5.92 Å². The smallest absolute Gasteiger partial charge is 0.333 e. The third-order valence-corrected chi connectivity index (χ3v) is 2.85. The highest BCUT2D eigenvalue weighted by atomic mass is 16.2. The van der Waals surface area contributed by atoms with Crippen LogP contribution in [-0.4, -0.2) is 15.5 Å². The molecular weight excluding hydrogens is 206 g/mol. The molecule has 0 unspecified atom stereocenters. The Kier molecular flexibility index (Phi) is 1.71. The van der Waals surface area contributed by atoms with Gasteiger partial charge in [-0.25, -0.2) is 9.36 Å². The number of nitrogens with zero attached hydrogens (tertiary/aromatic N) is 1. The van der Waals surface area contributed by atoms with Crippen LogP contribution in [0.1, 0.15) is 17.6 Å². The van der Waals surface area contributed by atoms with E-state index in [-0.39, 0.29) is 17.5 Å². The summed E-state index contributed by atoms with van der Waals surface area (Å²) in [6.07, 6.45) is 1.76. The molecule has 0 bridgehead atoms. The van der Waals surface area contributed by atoms with Gasteiger partial charge in [-0.15, -0.1) is 0 Å². The van der Waals surface area contributed by atoms with E-state index < -0.39 is 0 Å². The minimum Gasteiger partial charge on any atom is -0.399 e. The van der Waals surface area contributed by atoms with Crippen LogP contribution in [0.2, 0.25) is 0 Å². The van der Waals surface area contributed by atoms with Gasteiger partial charge < -0.3 is 10.7 Å².